The first-order valence-electron chi connectivity index (χ1n) is 5.34. The van der Waals surface area contributed by atoms with Gasteiger partial charge in [-0.3, -0.25) is 0 Å². The molecule has 1 aromatic rings. The molecule has 0 aliphatic carbocycles. The third kappa shape index (κ3) is 3.70. The molecule has 0 unspecified atom stereocenters. The Morgan fingerprint density at radius 2 is 2.12 bits per heavy atom. The normalized spacial score (nSPS) is 11.5. The van der Waals surface area contributed by atoms with Crippen molar-refractivity contribution in [2.45, 2.75) is 20.3 Å². The van der Waals surface area contributed by atoms with Crippen molar-refractivity contribution < 1.29 is 9.50 Å². The molecule has 0 saturated heterocycles. The van der Waals surface area contributed by atoms with Crippen LogP contribution in [-0.2, 0) is 0 Å². The molecule has 4 N–H and O–H groups in total. The van der Waals surface area contributed by atoms with Gasteiger partial charge in [0.25, 0.3) is 0 Å². The Bertz CT molecular complexity index is 353. The van der Waals surface area contributed by atoms with E-state index in [2.05, 4.69) is 5.32 Å². The Hall–Kier alpha value is -1.29. The minimum atomic E-state index is -0.309. The lowest BCUT2D eigenvalue weighted by atomic mass is 9.89. The lowest BCUT2D eigenvalue weighted by Gasteiger charge is -2.25. The fourth-order valence-electron chi connectivity index (χ4n) is 1.41. The Morgan fingerprint density at radius 3 is 2.75 bits per heavy atom. The monoisotopic (exact) mass is 226 g/mol. The van der Waals surface area contributed by atoms with Gasteiger partial charge in [-0.15, -0.1) is 0 Å². The molecular formula is C12H19FN2O. The Morgan fingerprint density at radius 1 is 1.44 bits per heavy atom. The summed E-state index contributed by atoms with van der Waals surface area (Å²) in [5.74, 6) is -0.309. The highest BCUT2D eigenvalue weighted by Crippen LogP contribution is 2.24. The maximum atomic E-state index is 13.0. The van der Waals surface area contributed by atoms with Crippen LogP contribution in [0.4, 0.5) is 15.8 Å². The number of anilines is 2. The van der Waals surface area contributed by atoms with Gasteiger partial charge in [-0.1, -0.05) is 13.8 Å². The van der Waals surface area contributed by atoms with Crippen molar-refractivity contribution in [1.82, 2.24) is 0 Å². The molecule has 90 valence electrons. The van der Waals surface area contributed by atoms with Gasteiger partial charge in [-0.25, -0.2) is 4.39 Å². The topological polar surface area (TPSA) is 58.3 Å². The number of nitrogen functional groups attached to an aromatic ring is 1. The van der Waals surface area contributed by atoms with Crippen molar-refractivity contribution in [3.05, 3.63) is 24.0 Å². The summed E-state index contributed by atoms with van der Waals surface area (Å²) in [6, 6.07) is 4.25. The molecule has 0 saturated carbocycles. The number of aliphatic hydroxyl groups excluding tert-OH is 1. The first-order valence-corrected chi connectivity index (χ1v) is 5.34. The van der Waals surface area contributed by atoms with E-state index in [0.29, 0.717) is 24.3 Å². The molecule has 4 heteroatoms. The SMILES string of the molecule is CC(C)(CCO)CNc1cc(F)ccc1N. The highest BCUT2D eigenvalue weighted by molar-refractivity contribution is 5.65. The highest BCUT2D eigenvalue weighted by atomic mass is 19.1. The number of benzene rings is 1. The van der Waals surface area contributed by atoms with Gasteiger partial charge in [-0.05, 0) is 30.0 Å². The molecular weight excluding hydrogens is 207 g/mol. The van der Waals surface area contributed by atoms with Gasteiger partial charge in [0.2, 0.25) is 0 Å². The lowest BCUT2D eigenvalue weighted by Crippen LogP contribution is -2.24. The standard InChI is InChI=1S/C12H19FN2O/c1-12(2,5-6-16)8-15-11-7-9(13)3-4-10(11)14/h3-4,7,15-16H,5-6,8,14H2,1-2H3. The summed E-state index contributed by atoms with van der Waals surface area (Å²) >= 11 is 0. The quantitative estimate of drug-likeness (QED) is 0.675. The van der Waals surface area contributed by atoms with Crippen LogP contribution in [0.15, 0.2) is 18.2 Å². The largest absolute Gasteiger partial charge is 0.397 e. The third-order valence-electron chi connectivity index (χ3n) is 2.56. The van der Waals surface area contributed by atoms with Crippen LogP contribution in [0.3, 0.4) is 0 Å². The second kappa shape index (κ2) is 5.16. The second-order valence-electron chi connectivity index (χ2n) is 4.72. The number of rotatable bonds is 5. The van der Waals surface area contributed by atoms with Crippen molar-refractivity contribution >= 4 is 11.4 Å². The van der Waals surface area contributed by atoms with Crippen LogP contribution in [0.1, 0.15) is 20.3 Å². The summed E-state index contributed by atoms with van der Waals surface area (Å²) in [7, 11) is 0. The lowest BCUT2D eigenvalue weighted by molar-refractivity contribution is 0.220. The number of hydrogen-bond acceptors (Lipinski definition) is 3. The van der Waals surface area contributed by atoms with E-state index in [-0.39, 0.29) is 17.8 Å². The summed E-state index contributed by atoms with van der Waals surface area (Å²) in [5, 5.41) is 12.0. The fraction of sp³-hybridized carbons (Fsp3) is 0.500. The Kier molecular flexibility index (Phi) is 4.12. The predicted molar refractivity (Wildman–Crippen MR) is 64.8 cm³/mol. The molecule has 0 aliphatic heterocycles. The fourth-order valence-corrected chi connectivity index (χ4v) is 1.41. The summed E-state index contributed by atoms with van der Waals surface area (Å²) in [6.45, 7) is 4.85. The zero-order valence-electron chi connectivity index (χ0n) is 9.76. The highest BCUT2D eigenvalue weighted by Gasteiger charge is 2.17. The summed E-state index contributed by atoms with van der Waals surface area (Å²) in [6.07, 6.45) is 0.690. The van der Waals surface area contributed by atoms with Gasteiger partial charge in [0, 0.05) is 13.2 Å². The Labute approximate surface area is 95.5 Å². The van der Waals surface area contributed by atoms with E-state index in [1.54, 1.807) is 0 Å². The number of aliphatic hydroxyl groups is 1. The molecule has 0 heterocycles. The van der Waals surface area contributed by atoms with E-state index < -0.39 is 0 Å². The molecule has 0 fully saturated rings. The molecule has 0 aliphatic rings. The summed E-state index contributed by atoms with van der Waals surface area (Å²) < 4.78 is 13.0. The maximum absolute atomic E-state index is 13.0. The molecule has 1 rings (SSSR count). The number of nitrogens with one attached hydrogen (secondary N) is 1. The van der Waals surface area contributed by atoms with Crippen molar-refractivity contribution in [2.24, 2.45) is 5.41 Å². The average molecular weight is 226 g/mol. The van der Waals surface area contributed by atoms with Crippen LogP contribution < -0.4 is 11.1 Å². The van der Waals surface area contributed by atoms with E-state index >= 15 is 0 Å². The second-order valence-corrected chi connectivity index (χ2v) is 4.72. The predicted octanol–water partition coefficient (Wildman–Crippen LogP) is 2.23. The van der Waals surface area contributed by atoms with Crippen LogP contribution in [0.25, 0.3) is 0 Å². The summed E-state index contributed by atoms with van der Waals surface area (Å²) in [5.41, 5.74) is 6.80. The minimum Gasteiger partial charge on any atom is -0.397 e. The van der Waals surface area contributed by atoms with E-state index in [4.69, 9.17) is 10.8 Å². The molecule has 1 aromatic carbocycles. The van der Waals surface area contributed by atoms with Crippen LogP contribution in [0.5, 0.6) is 0 Å². The number of nitrogens with two attached hydrogens (primary N) is 1. The van der Waals surface area contributed by atoms with E-state index in [1.165, 1.54) is 18.2 Å². The summed E-state index contributed by atoms with van der Waals surface area (Å²) in [4.78, 5) is 0. The van der Waals surface area contributed by atoms with Crippen molar-refractivity contribution in [2.75, 3.05) is 24.2 Å². The Balaban J connectivity index is 2.63. The minimum absolute atomic E-state index is 0.0481. The van der Waals surface area contributed by atoms with Crippen LogP contribution in [-0.4, -0.2) is 18.3 Å². The van der Waals surface area contributed by atoms with Crippen molar-refractivity contribution in [1.29, 1.82) is 0 Å². The van der Waals surface area contributed by atoms with Crippen molar-refractivity contribution in [3.63, 3.8) is 0 Å². The number of hydrogen-bond donors (Lipinski definition) is 3. The smallest absolute Gasteiger partial charge is 0.125 e. The first-order chi connectivity index (χ1) is 7.44. The van der Waals surface area contributed by atoms with Gasteiger partial charge in [0.05, 0.1) is 11.4 Å². The van der Waals surface area contributed by atoms with Gasteiger partial charge in [0.1, 0.15) is 5.82 Å². The van der Waals surface area contributed by atoms with Gasteiger partial charge >= 0.3 is 0 Å². The molecule has 3 nitrogen and oxygen atoms in total. The zero-order chi connectivity index (χ0) is 12.2. The molecule has 0 atom stereocenters. The van der Waals surface area contributed by atoms with Crippen LogP contribution >= 0.6 is 0 Å². The van der Waals surface area contributed by atoms with E-state index in [1.807, 2.05) is 13.8 Å². The van der Waals surface area contributed by atoms with Crippen molar-refractivity contribution in [3.8, 4) is 0 Å². The molecule has 0 aromatic heterocycles. The number of halogens is 1. The molecule has 16 heavy (non-hydrogen) atoms. The first kappa shape index (κ1) is 12.8. The van der Waals surface area contributed by atoms with Gasteiger partial charge in [0.15, 0.2) is 0 Å². The van der Waals surface area contributed by atoms with E-state index in [0.717, 1.165) is 0 Å². The van der Waals surface area contributed by atoms with E-state index in [9.17, 15) is 4.39 Å². The van der Waals surface area contributed by atoms with Gasteiger partial charge in [-0.2, -0.15) is 0 Å². The third-order valence-corrected chi connectivity index (χ3v) is 2.56. The average Bonchev–Trinajstić information content (AvgIpc) is 2.19. The van der Waals surface area contributed by atoms with Crippen LogP contribution in [0, 0.1) is 11.2 Å². The molecule has 0 bridgehead atoms. The zero-order valence-corrected chi connectivity index (χ0v) is 9.76. The molecule has 0 amide bonds. The molecule has 0 spiro atoms. The van der Waals surface area contributed by atoms with Crippen LogP contribution in [0.2, 0.25) is 0 Å². The molecule has 0 radical (unpaired) electrons. The van der Waals surface area contributed by atoms with Gasteiger partial charge < -0.3 is 16.2 Å². The maximum Gasteiger partial charge on any atom is 0.125 e.